The largest absolute Gasteiger partial charge is 0.496 e. The van der Waals surface area contributed by atoms with Crippen molar-refractivity contribution in [2.45, 2.75) is 6.54 Å². The minimum Gasteiger partial charge on any atom is -0.496 e. The molecule has 4 nitrogen and oxygen atoms in total. The third-order valence-electron chi connectivity index (χ3n) is 3.97. The van der Waals surface area contributed by atoms with Gasteiger partial charge in [-0.1, -0.05) is 29.8 Å². The molecule has 0 radical (unpaired) electrons. The Morgan fingerprint density at radius 2 is 1.96 bits per heavy atom. The molecule has 2 aromatic rings. The number of para-hydroxylation sites is 1. The lowest BCUT2D eigenvalue weighted by atomic mass is 10.2. The van der Waals surface area contributed by atoms with Crippen LogP contribution in [0.4, 0.5) is 11.4 Å². The number of nitrogens with one attached hydrogen (secondary N) is 1. The van der Waals surface area contributed by atoms with Gasteiger partial charge in [-0.3, -0.25) is 0 Å². The number of anilines is 2. The zero-order valence-corrected chi connectivity index (χ0v) is 14.0. The van der Waals surface area contributed by atoms with E-state index < -0.39 is 0 Å². The molecule has 1 saturated heterocycles. The van der Waals surface area contributed by atoms with Crippen LogP contribution in [-0.2, 0) is 11.3 Å². The second kappa shape index (κ2) is 7.57. The van der Waals surface area contributed by atoms with Crippen molar-refractivity contribution in [3.63, 3.8) is 0 Å². The lowest BCUT2D eigenvalue weighted by molar-refractivity contribution is 0.122. The summed E-state index contributed by atoms with van der Waals surface area (Å²) >= 11 is 6.46. The molecule has 2 aromatic carbocycles. The molecule has 23 heavy (non-hydrogen) atoms. The summed E-state index contributed by atoms with van der Waals surface area (Å²) < 4.78 is 10.8. The van der Waals surface area contributed by atoms with Crippen molar-refractivity contribution in [2.24, 2.45) is 0 Å². The standard InChI is InChI=1S/C18H21ClN2O2/c1-22-18-5-3-2-4-14(18)13-20-15-6-7-17(16(19)12-15)21-8-10-23-11-9-21/h2-7,12,20H,8-11,13H2,1H3. The Bertz CT molecular complexity index is 657. The van der Waals surface area contributed by atoms with E-state index in [-0.39, 0.29) is 0 Å². The van der Waals surface area contributed by atoms with Crippen LogP contribution in [0.3, 0.4) is 0 Å². The van der Waals surface area contributed by atoms with Crippen LogP contribution in [0, 0.1) is 0 Å². The summed E-state index contributed by atoms with van der Waals surface area (Å²) in [5.41, 5.74) is 3.18. The molecule has 5 heteroatoms. The van der Waals surface area contributed by atoms with Gasteiger partial charge < -0.3 is 19.7 Å². The van der Waals surface area contributed by atoms with E-state index in [0.717, 1.165) is 54.0 Å². The fraction of sp³-hybridized carbons (Fsp3) is 0.333. The van der Waals surface area contributed by atoms with Crippen LogP contribution in [-0.4, -0.2) is 33.4 Å². The first-order valence-electron chi connectivity index (χ1n) is 7.76. The predicted molar refractivity (Wildman–Crippen MR) is 94.8 cm³/mol. The van der Waals surface area contributed by atoms with E-state index >= 15 is 0 Å². The van der Waals surface area contributed by atoms with E-state index in [1.165, 1.54) is 0 Å². The zero-order chi connectivity index (χ0) is 16.1. The van der Waals surface area contributed by atoms with Crippen LogP contribution in [0.2, 0.25) is 5.02 Å². The summed E-state index contributed by atoms with van der Waals surface area (Å²) in [6.45, 7) is 3.97. The van der Waals surface area contributed by atoms with Gasteiger partial charge >= 0.3 is 0 Å². The Morgan fingerprint density at radius 3 is 2.70 bits per heavy atom. The van der Waals surface area contributed by atoms with Crippen LogP contribution in [0.1, 0.15) is 5.56 Å². The molecule has 0 aliphatic carbocycles. The maximum Gasteiger partial charge on any atom is 0.123 e. The van der Waals surface area contributed by atoms with Gasteiger partial charge in [0.1, 0.15) is 5.75 Å². The maximum absolute atomic E-state index is 6.46. The lowest BCUT2D eigenvalue weighted by Gasteiger charge is -2.29. The van der Waals surface area contributed by atoms with E-state index in [1.54, 1.807) is 7.11 Å². The molecule has 1 heterocycles. The third-order valence-corrected chi connectivity index (χ3v) is 4.28. The Kier molecular flexibility index (Phi) is 5.26. The summed E-state index contributed by atoms with van der Waals surface area (Å²) in [7, 11) is 1.69. The van der Waals surface area contributed by atoms with Crippen LogP contribution in [0.15, 0.2) is 42.5 Å². The van der Waals surface area contributed by atoms with Crippen LogP contribution >= 0.6 is 11.6 Å². The molecule has 1 fully saturated rings. The monoisotopic (exact) mass is 332 g/mol. The van der Waals surface area contributed by atoms with E-state index in [1.807, 2.05) is 24.3 Å². The summed E-state index contributed by atoms with van der Waals surface area (Å²) in [5, 5.41) is 4.16. The lowest BCUT2D eigenvalue weighted by Crippen LogP contribution is -2.36. The number of benzene rings is 2. The van der Waals surface area contributed by atoms with Gasteiger partial charge in [0.25, 0.3) is 0 Å². The van der Waals surface area contributed by atoms with Gasteiger partial charge in [-0.2, -0.15) is 0 Å². The summed E-state index contributed by atoms with van der Waals surface area (Å²) in [6, 6.07) is 14.1. The molecule has 0 unspecified atom stereocenters. The van der Waals surface area contributed by atoms with Crippen molar-refractivity contribution < 1.29 is 9.47 Å². The molecule has 0 atom stereocenters. The fourth-order valence-corrected chi connectivity index (χ4v) is 3.02. The number of hydrogen-bond donors (Lipinski definition) is 1. The van der Waals surface area contributed by atoms with Crippen LogP contribution < -0.4 is 15.0 Å². The first-order chi connectivity index (χ1) is 11.3. The molecule has 0 spiro atoms. The number of rotatable bonds is 5. The van der Waals surface area contributed by atoms with Gasteiger partial charge in [0.15, 0.2) is 0 Å². The molecular weight excluding hydrogens is 312 g/mol. The number of methoxy groups -OCH3 is 1. The smallest absolute Gasteiger partial charge is 0.123 e. The number of morpholine rings is 1. The number of nitrogens with zero attached hydrogens (tertiary/aromatic N) is 1. The summed E-state index contributed by atoms with van der Waals surface area (Å²) in [4.78, 5) is 2.26. The maximum atomic E-state index is 6.46. The van der Waals surface area contributed by atoms with Crippen molar-refractivity contribution >= 4 is 23.0 Å². The Balaban J connectivity index is 1.68. The molecule has 1 aliphatic heterocycles. The molecule has 0 amide bonds. The van der Waals surface area contributed by atoms with Crippen molar-refractivity contribution in [1.82, 2.24) is 0 Å². The highest BCUT2D eigenvalue weighted by molar-refractivity contribution is 6.33. The van der Waals surface area contributed by atoms with Crippen molar-refractivity contribution in [3.05, 3.63) is 53.1 Å². The molecule has 0 saturated carbocycles. The number of halogens is 1. The molecule has 3 rings (SSSR count). The minimum absolute atomic E-state index is 0.692. The number of hydrogen-bond acceptors (Lipinski definition) is 4. The van der Waals surface area contributed by atoms with Gasteiger partial charge in [-0.05, 0) is 24.3 Å². The van der Waals surface area contributed by atoms with E-state index in [0.29, 0.717) is 6.54 Å². The first-order valence-corrected chi connectivity index (χ1v) is 8.14. The molecule has 122 valence electrons. The van der Waals surface area contributed by atoms with Gasteiger partial charge in [-0.15, -0.1) is 0 Å². The average molecular weight is 333 g/mol. The van der Waals surface area contributed by atoms with E-state index in [9.17, 15) is 0 Å². The van der Waals surface area contributed by atoms with Crippen molar-refractivity contribution in [3.8, 4) is 5.75 Å². The third kappa shape index (κ3) is 3.89. The van der Waals surface area contributed by atoms with Gasteiger partial charge in [0.05, 0.1) is 31.0 Å². The highest BCUT2D eigenvalue weighted by atomic mass is 35.5. The van der Waals surface area contributed by atoms with Crippen LogP contribution in [0.5, 0.6) is 5.75 Å². The molecule has 1 N–H and O–H groups in total. The van der Waals surface area contributed by atoms with E-state index in [4.69, 9.17) is 21.1 Å². The van der Waals surface area contributed by atoms with Gasteiger partial charge in [0.2, 0.25) is 0 Å². The zero-order valence-electron chi connectivity index (χ0n) is 13.2. The van der Waals surface area contributed by atoms with E-state index in [2.05, 4.69) is 28.4 Å². The second-order valence-electron chi connectivity index (χ2n) is 5.43. The quantitative estimate of drug-likeness (QED) is 0.903. The second-order valence-corrected chi connectivity index (χ2v) is 5.84. The summed E-state index contributed by atoms with van der Waals surface area (Å²) in [5.74, 6) is 0.885. The summed E-state index contributed by atoms with van der Waals surface area (Å²) in [6.07, 6.45) is 0. The van der Waals surface area contributed by atoms with Gasteiger partial charge in [0, 0.05) is 30.9 Å². The number of ether oxygens (including phenoxy) is 2. The first kappa shape index (κ1) is 16.0. The normalized spacial score (nSPS) is 14.6. The SMILES string of the molecule is COc1ccccc1CNc1ccc(N2CCOCC2)c(Cl)c1. The van der Waals surface area contributed by atoms with Gasteiger partial charge in [-0.25, -0.2) is 0 Å². The Morgan fingerprint density at radius 1 is 1.17 bits per heavy atom. The van der Waals surface area contributed by atoms with Crippen molar-refractivity contribution in [1.29, 1.82) is 0 Å². The van der Waals surface area contributed by atoms with Crippen LogP contribution in [0.25, 0.3) is 0 Å². The molecule has 0 aromatic heterocycles. The van der Waals surface area contributed by atoms with Crippen molar-refractivity contribution in [2.75, 3.05) is 43.6 Å². The molecule has 0 bridgehead atoms. The Hall–Kier alpha value is -1.91. The highest BCUT2D eigenvalue weighted by Gasteiger charge is 2.14. The topological polar surface area (TPSA) is 33.7 Å². The Labute approximate surface area is 142 Å². The predicted octanol–water partition coefficient (Wildman–Crippen LogP) is 3.80. The molecule has 1 aliphatic rings. The highest BCUT2D eigenvalue weighted by Crippen LogP contribution is 2.30. The average Bonchev–Trinajstić information content (AvgIpc) is 2.61. The minimum atomic E-state index is 0.692. The molecular formula is C18H21ClN2O2. The fourth-order valence-electron chi connectivity index (χ4n) is 2.72.